The first kappa shape index (κ1) is 24.2. The van der Waals surface area contributed by atoms with Crippen LogP contribution in [0, 0.1) is 11.8 Å². The van der Waals surface area contributed by atoms with Crippen LogP contribution in [0.3, 0.4) is 0 Å². The Hall–Kier alpha value is -3.55. The van der Waals surface area contributed by atoms with Gasteiger partial charge in [-0.15, -0.1) is 0 Å². The van der Waals surface area contributed by atoms with Crippen molar-refractivity contribution in [2.75, 3.05) is 20.1 Å². The van der Waals surface area contributed by atoms with Crippen LogP contribution >= 0.6 is 0 Å². The Kier molecular flexibility index (Phi) is 5.93. The van der Waals surface area contributed by atoms with E-state index in [0.29, 0.717) is 30.0 Å². The van der Waals surface area contributed by atoms with Gasteiger partial charge in [0, 0.05) is 55.1 Å². The second-order valence-corrected chi connectivity index (χ2v) is 10.9. The first-order valence-corrected chi connectivity index (χ1v) is 12.5. The summed E-state index contributed by atoms with van der Waals surface area (Å²) >= 11 is 0. The molecule has 8 nitrogen and oxygen atoms in total. The summed E-state index contributed by atoms with van der Waals surface area (Å²) in [5.41, 5.74) is 2.17. The predicted molar refractivity (Wildman–Crippen MR) is 134 cm³/mol. The third kappa shape index (κ3) is 4.40. The molecule has 3 amide bonds. The van der Waals surface area contributed by atoms with E-state index in [1.807, 2.05) is 64.1 Å². The van der Waals surface area contributed by atoms with Crippen molar-refractivity contribution < 1.29 is 23.9 Å². The van der Waals surface area contributed by atoms with E-state index in [-0.39, 0.29) is 47.8 Å². The van der Waals surface area contributed by atoms with Crippen molar-refractivity contribution in [2.45, 2.75) is 51.4 Å². The van der Waals surface area contributed by atoms with Gasteiger partial charge in [-0.3, -0.25) is 9.59 Å². The summed E-state index contributed by atoms with van der Waals surface area (Å²) in [6.07, 6.45) is -0.486. The molecule has 0 spiro atoms. The fraction of sp³-hybridized carbons (Fsp3) is 0.464. The maximum atomic E-state index is 13.3. The van der Waals surface area contributed by atoms with Crippen LogP contribution in [0.2, 0.25) is 0 Å². The van der Waals surface area contributed by atoms with Gasteiger partial charge in [-0.05, 0) is 45.4 Å². The van der Waals surface area contributed by atoms with Gasteiger partial charge in [-0.2, -0.15) is 0 Å². The van der Waals surface area contributed by atoms with Gasteiger partial charge >= 0.3 is 6.09 Å². The van der Waals surface area contributed by atoms with Crippen LogP contribution in [0.5, 0.6) is 5.75 Å². The van der Waals surface area contributed by atoms with Gasteiger partial charge in [-0.1, -0.05) is 30.3 Å². The molecule has 190 valence electrons. The van der Waals surface area contributed by atoms with Crippen LogP contribution in [-0.4, -0.2) is 60.7 Å². The van der Waals surface area contributed by atoms with Crippen molar-refractivity contribution >= 4 is 17.9 Å². The molecule has 0 radical (unpaired) electrons. The standard InChI is InChI=1S/C28H33N3O5/c1-15-22(16-9-7-6-8-10-16)18-11-17(12-19(24(18)35-15)26(33)29-5)25(32)30-23-20-13-31(14-21(20)23)27(34)36-28(2,3)4/h6-12,15,20-23H,13-14H2,1-5H3,(H,29,33)(H,30,32)/t15?,20-,21+,22?,23?. The van der Waals surface area contributed by atoms with Gasteiger partial charge in [0.05, 0.1) is 5.56 Å². The molecule has 3 unspecified atom stereocenters. The normalized spacial score (nSPS) is 25.9. The summed E-state index contributed by atoms with van der Waals surface area (Å²) in [5, 5.41) is 5.79. The Labute approximate surface area is 211 Å². The van der Waals surface area contributed by atoms with Gasteiger partial charge in [0.15, 0.2) is 0 Å². The molecular formula is C28H33N3O5. The van der Waals surface area contributed by atoms with Crippen LogP contribution in [-0.2, 0) is 4.74 Å². The van der Waals surface area contributed by atoms with Gasteiger partial charge in [0.1, 0.15) is 17.5 Å². The lowest BCUT2D eigenvalue weighted by molar-refractivity contribution is 0.0269. The lowest BCUT2D eigenvalue weighted by atomic mass is 9.87. The maximum absolute atomic E-state index is 13.3. The SMILES string of the molecule is CNC(=O)c1cc(C(=O)NC2[C@H]3CN(C(=O)OC(C)(C)C)C[C@@H]23)cc2c1OC(C)C2c1ccccc1. The van der Waals surface area contributed by atoms with Gasteiger partial charge in [0.25, 0.3) is 11.8 Å². The van der Waals surface area contributed by atoms with Crippen molar-refractivity contribution in [2.24, 2.45) is 11.8 Å². The fourth-order valence-electron chi connectivity index (χ4n) is 5.52. The molecule has 5 atom stereocenters. The topological polar surface area (TPSA) is 97.0 Å². The summed E-state index contributed by atoms with van der Waals surface area (Å²) in [4.78, 5) is 40.1. The Morgan fingerprint density at radius 3 is 2.31 bits per heavy atom. The quantitative estimate of drug-likeness (QED) is 0.682. The first-order valence-electron chi connectivity index (χ1n) is 12.5. The number of carbonyl (C=O) groups excluding carboxylic acids is 3. The monoisotopic (exact) mass is 491 g/mol. The highest BCUT2D eigenvalue weighted by molar-refractivity contribution is 6.02. The third-order valence-corrected chi connectivity index (χ3v) is 7.26. The lowest BCUT2D eigenvalue weighted by Gasteiger charge is -2.26. The number of amides is 3. The highest BCUT2D eigenvalue weighted by Crippen LogP contribution is 2.47. The van der Waals surface area contributed by atoms with Crippen LogP contribution < -0.4 is 15.4 Å². The Morgan fingerprint density at radius 2 is 1.69 bits per heavy atom. The lowest BCUT2D eigenvalue weighted by Crippen LogP contribution is -2.40. The molecule has 1 saturated carbocycles. The second kappa shape index (κ2) is 8.84. The molecule has 2 aromatic rings. The average Bonchev–Trinajstić information content (AvgIpc) is 3.15. The van der Waals surface area contributed by atoms with E-state index in [9.17, 15) is 14.4 Å². The van der Waals surface area contributed by atoms with Gasteiger partial charge < -0.3 is 25.0 Å². The number of benzene rings is 2. The minimum absolute atomic E-state index is 0.00740. The molecule has 5 rings (SSSR count). The summed E-state index contributed by atoms with van der Waals surface area (Å²) in [6, 6.07) is 13.4. The molecule has 1 saturated heterocycles. The molecular weight excluding hydrogens is 458 g/mol. The van der Waals surface area contributed by atoms with Crippen LogP contribution in [0.15, 0.2) is 42.5 Å². The largest absolute Gasteiger partial charge is 0.489 e. The minimum Gasteiger partial charge on any atom is -0.489 e. The molecule has 36 heavy (non-hydrogen) atoms. The number of nitrogens with one attached hydrogen (secondary N) is 2. The minimum atomic E-state index is -0.535. The Bertz CT molecular complexity index is 1190. The number of ether oxygens (including phenoxy) is 2. The molecule has 0 aromatic heterocycles. The van der Waals surface area contributed by atoms with Gasteiger partial charge in [-0.25, -0.2) is 4.79 Å². The molecule has 1 aliphatic carbocycles. The average molecular weight is 492 g/mol. The Balaban J connectivity index is 1.34. The van der Waals surface area contributed by atoms with Crippen molar-refractivity contribution in [3.8, 4) is 5.75 Å². The number of piperidine rings is 1. The number of nitrogens with zero attached hydrogens (tertiary/aromatic N) is 1. The second-order valence-electron chi connectivity index (χ2n) is 10.9. The summed E-state index contributed by atoms with van der Waals surface area (Å²) < 4.78 is 11.6. The zero-order valence-electron chi connectivity index (χ0n) is 21.3. The number of fused-ring (bicyclic) bond motifs is 2. The number of likely N-dealkylation sites (tertiary alicyclic amines) is 1. The number of hydrogen-bond donors (Lipinski definition) is 2. The van der Waals surface area contributed by atoms with Crippen LogP contribution in [0.4, 0.5) is 4.79 Å². The zero-order valence-corrected chi connectivity index (χ0v) is 21.3. The van der Waals surface area contributed by atoms with E-state index in [1.165, 1.54) is 0 Å². The van der Waals surface area contributed by atoms with E-state index in [4.69, 9.17) is 9.47 Å². The molecule has 0 bridgehead atoms. The zero-order chi connectivity index (χ0) is 25.8. The highest BCUT2D eigenvalue weighted by atomic mass is 16.6. The molecule has 2 fully saturated rings. The van der Waals surface area contributed by atoms with E-state index in [2.05, 4.69) is 10.6 Å². The van der Waals surface area contributed by atoms with Crippen molar-refractivity contribution in [3.63, 3.8) is 0 Å². The molecule has 2 aliphatic heterocycles. The first-order chi connectivity index (χ1) is 17.1. The highest BCUT2D eigenvalue weighted by Gasteiger charge is 2.58. The molecule has 8 heteroatoms. The van der Waals surface area contributed by atoms with E-state index >= 15 is 0 Å². The third-order valence-electron chi connectivity index (χ3n) is 7.26. The maximum Gasteiger partial charge on any atom is 0.410 e. The van der Waals surface area contributed by atoms with Crippen LogP contribution in [0.25, 0.3) is 0 Å². The van der Waals surface area contributed by atoms with Crippen molar-refractivity contribution in [1.82, 2.24) is 15.5 Å². The Morgan fingerprint density at radius 1 is 1.03 bits per heavy atom. The number of rotatable bonds is 4. The van der Waals surface area contributed by atoms with E-state index < -0.39 is 5.60 Å². The van der Waals surface area contributed by atoms with E-state index in [1.54, 1.807) is 18.0 Å². The number of hydrogen-bond acceptors (Lipinski definition) is 5. The van der Waals surface area contributed by atoms with Gasteiger partial charge in [0.2, 0.25) is 0 Å². The molecule has 2 N–H and O–H groups in total. The summed E-state index contributed by atoms with van der Waals surface area (Å²) in [6.45, 7) is 8.67. The summed E-state index contributed by atoms with van der Waals surface area (Å²) in [7, 11) is 1.57. The number of carbonyl (C=O) groups is 3. The molecule has 3 aliphatic rings. The summed E-state index contributed by atoms with van der Waals surface area (Å²) in [5.74, 6) is 0.365. The van der Waals surface area contributed by atoms with Crippen molar-refractivity contribution in [1.29, 1.82) is 0 Å². The molecule has 2 aromatic carbocycles. The van der Waals surface area contributed by atoms with Crippen LogP contribution in [0.1, 0.15) is 65.5 Å². The molecule has 2 heterocycles. The smallest absolute Gasteiger partial charge is 0.410 e. The predicted octanol–water partition coefficient (Wildman–Crippen LogP) is 3.55. The van der Waals surface area contributed by atoms with Crippen molar-refractivity contribution in [3.05, 3.63) is 64.7 Å². The fourth-order valence-corrected chi connectivity index (χ4v) is 5.52. The van der Waals surface area contributed by atoms with E-state index in [0.717, 1.165) is 11.1 Å².